The lowest BCUT2D eigenvalue weighted by molar-refractivity contribution is 0.0557. The summed E-state index contributed by atoms with van der Waals surface area (Å²) >= 11 is 0. The van der Waals surface area contributed by atoms with Crippen molar-refractivity contribution in [2.45, 2.75) is 39.7 Å². The Labute approximate surface area is 87.1 Å². The Morgan fingerprint density at radius 2 is 1.79 bits per heavy atom. The zero-order valence-electron chi connectivity index (χ0n) is 9.42. The van der Waals surface area contributed by atoms with Gasteiger partial charge in [0.25, 0.3) is 0 Å². The number of hydrogen-bond donors (Lipinski definition) is 0. The van der Waals surface area contributed by atoms with Gasteiger partial charge >= 0.3 is 0 Å². The molecule has 1 unspecified atom stereocenters. The van der Waals surface area contributed by atoms with Crippen LogP contribution < -0.4 is 0 Å². The normalized spacial score (nSPS) is 12.8. The van der Waals surface area contributed by atoms with Gasteiger partial charge in [0, 0.05) is 6.61 Å². The van der Waals surface area contributed by atoms with E-state index in [1.165, 1.54) is 17.5 Å². The molecule has 14 heavy (non-hydrogen) atoms. The largest absolute Gasteiger partial charge is 0.374 e. The molecular weight excluding hydrogens is 172 g/mol. The molecule has 0 heterocycles. The third-order valence-corrected chi connectivity index (χ3v) is 2.37. The highest BCUT2D eigenvalue weighted by molar-refractivity contribution is 5.23. The van der Waals surface area contributed by atoms with Crippen molar-refractivity contribution >= 4 is 0 Å². The van der Waals surface area contributed by atoms with Crippen LogP contribution in [0.15, 0.2) is 24.3 Å². The molecule has 0 saturated carbocycles. The highest BCUT2D eigenvalue weighted by Gasteiger charge is 2.09. The zero-order chi connectivity index (χ0) is 10.4. The molecule has 0 N–H and O–H groups in total. The van der Waals surface area contributed by atoms with Crippen molar-refractivity contribution in [3.8, 4) is 0 Å². The second kappa shape index (κ2) is 5.82. The Kier molecular flexibility index (Phi) is 4.68. The van der Waals surface area contributed by atoms with Crippen molar-refractivity contribution in [3.63, 3.8) is 0 Å². The maximum absolute atomic E-state index is 5.71. The van der Waals surface area contributed by atoms with Crippen molar-refractivity contribution in [2.75, 3.05) is 6.61 Å². The molecule has 1 aromatic carbocycles. The predicted molar refractivity (Wildman–Crippen MR) is 60.5 cm³/mol. The number of rotatable bonds is 5. The minimum atomic E-state index is 0.283. The lowest BCUT2D eigenvalue weighted by Gasteiger charge is -2.16. The summed E-state index contributed by atoms with van der Waals surface area (Å²) < 4.78 is 5.71. The van der Waals surface area contributed by atoms with E-state index < -0.39 is 0 Å². The molecule has 0 aliphatic carbocycles. The van der Waals surface area contributed by atoms with Gasteiger partial charge in [0.15, 0.2) is 0 Å². The standard InChI is InChI=1S/C13H20O/c1-4-6-13(14-5-2)12-9-7-11(3)8-10-12/h7-10,13H,4-6H2,1-3H3. The molecular formula is C13H20O. The van der Waals surface area contributed by atoms with Crippen molar-refractivity contribution in [1.82, 2.24) is 0 Å². The van der Waals surface area contributed by atoms with Gasteiger partial charge in [-0.05, 0) is 25.8 Å². The van der Waals surface area contributed by atoms with Crippen LogP contribution in [0, 0.1) is 6.92 Å². The second-order valence-electron chi connectivity index (χ2n) is 3.64. The van der Waals surface area contributed by atoms with Crippen LogP contribution in [-0.4, -0.2) is 6.61 Å². The molecule has 1 atom stereocenters. The smallest absolute Gasteiger partial charge is 0.0824 e. The molecule has 0 fully saturated rings. The van der Waals surface area contributed by atoms with Gasteiger partial charge in [-0.2, -0.15) is 0 Å². The molecule has 0 aliphatic rings. The summed E-state index contributed by atoms with van der Waals surface area (Å²) in [4.78, 5) is 0. The fourth-order valence-electron chi connectivity index (χ4n) is 1.59. The van der Waals surface area contributed by atoms with Crippen LogP contribution in [0.25, 0.3) is 0 Å². The van der Waals surface area contributed by atoms with E-state index in [4.69, 9.17) is 4.74 Å². The van der Waals surface area contributed by atoms with E-state index in [-0.39, 0.29) is 6.10 Å². The first kappa shape index (κ1) is 11.3. The van der Waals surface area contributed by atoms with Gasteiger partial charge in [0.1, 0.15) is 0 Å². The van der Waals surface area contributed by atoms with Crippen LogP contribution >= 0.6 is 0 Å². The van der Waals surface area contributed by atoms with Crippen molar-refractivity contribution in [3.05, 3.63) is 35.4 Å². The first-order valence-electron chi connectivity index (χ1n) is 5.46. The maximum Gasteiger partial charge on any atom is 0.0824 e. The fourth-order valence-corrected chi connectivity index (χ4v) is 1.59. The van der Waals surface area contributed by atoms with Crippen LogP contribution in [0.3, 0.4) is 0 Å². The minimum Gasteiger partial charge on any atom is -0.374 e. The molecule has 0 amide bonds. The molecule has 0 aromatic heterocycles. The molecule has 0 bridgehead atoms. The van der Waals surface area contributed by atoms with Gasteiger partial charge < -0.3 is 4.74 Å². The van der Waals surface area contributed by atoms with Crippen molar-refractivity contribution in [2.24, 2.45) is 0 Å². The van der Waals surface area contributed by atoms with E-state index in [1.54, 1.807) is 0 Å². The third-order valence-electron chi connectivity index (χ3n) is 2.37. The van der Waals surface area contributed by atoms with Crippen LogP contribution in [0.2, 0.25) is 0 Å². The average Bonchev–Trinajstić information content (AvgIpc) is 2.19. The Morgan fingerprint density at radius 3 is 2.29 bits per heavy atom. The summed E-state index contributed by atoms with van der Waals surface area (Å²) in [7, 11) is 0. The lowest BCUT2D eigenvalue weighted by Crippen LogP contribution is -2.03. The van der Waals surface area contributed by atoms with E-state index in [2.05, 4.69) is 45.0 Å². The van der Waals surface area contributed by atoms with Gasteiger partial charge in [-0.15, -0.1) is 0 Å². The number of hydrogen-bond acceptors (Lipinski definition) is 1. The molecule has 0 saturated heterocycles. The third kappa shape index (κ3) is 3.15. The topological polar surface area (TPSA) is 9.23 Å². The highest BCUT2D eigenvalue weighted by atomic mass is 16.5. The first-order chi connectivity index (χ1) is 6.77. The molecule has 0 spiro atoms. The number of aryl methyl sites for hydroxylation is 1. The minimum absolute atomic E-state index is 0.283. The Morgan fingerprint density at radius 1 is 1.14 bits per heavy atom. The monoisotopic (exact) mass is 192 g/mol. The summed E-state index contributed by atoms with van der Waals surface area (Å²) in [5.41, 5.74) is 2.61. The Balaban J connectivity index is 2.71. The summed E-state index contributed by atoms with van der Waals surface area (Å²) in [5, 5.41) is 0. The van der Waals surface area contributed by atoms with E-state index in [0.717, 1.165) is 13.0 Å². The summed E-state index contributed by atoms with van der Waals surface area (Å²) in [5.74, 6) is 0. The highest BCUT2D eigenvalue weighted by Crippen LogP contribution is 2.22. The summed E-state index contributed by atoms with van der Waals surface area (Å²) in [6, 6.07) is 8.64. The second-order valence-corrected chi connectivity index (χ2v) is 3.64. The van der Waals surface area contributed by atoms with Gasteiger partial charge in [-0.1, -0.05) is 43.2 Å². The van der Waals surface area contributed by atoms with Crippen LogP contribution in [0.1, 0.15) is 43.9 Å². The predicted octanol–water partition coefficient (Wildman–Crippen LogP) is 3.87. The van der Waals surface area contributed by atoms with Gasteiger partial charge in [-0.3, -0.25) is 0 Å². The van der Waals surface area contributed by atoms with Gasteiger partial charge in [-0.25, -0.2) is 0 Å². The quantitative estimate of drug-likeness (QED) is 0.688. The van der Waals surface area contributed by atoms with Gasteiger partial charge in [0.05, 0.1) is 6.10 Å². The molecule has 0 radical (unpaired) electrons. The van der Waals surface area contributed by atoms with E-state index in [1.807, 2.05) is 0 Å². The summed E-state index contributed by atoms with van der Waals surface area (Å²) in [6.45, 7) is 7.15. The lowest BCUT2D eigenvalue weighted by atomic mass is 10.0. The van der Waals surface area contributed by atoms with Crippen LogP contribution in [-0.2, 0) is 4.74 Å². The molecule has 0 aliphatic heterocycles. The van der Waals surface area contributed by atoms with E-state index in [9.17, 15) is 0 Å². The Hall–Kier alpha value is -0.820. The maximum atomic E-state index is 5.71. The molecule has 78 valence electrons. The van der Waals surface area contributed by atoms with Crippen molar-refractivity contribution < 1.29 is 4.74 Å². The van der Waals surface area contributed by atoms with Crippen molar-refractivity contribution in [1.29, 1.82) is 0 Å². The first-order valence-corrected chi connectivity index (χ1v) is 5.46. The fraction of sp³-hybridized carbons (Fsp3) is 0.538. The molecule has 1 rings (SSSR count). The molecule has 1 nitrogen and oxygen atoms in total. The number of benzene rings is 1. The number of ether oxygens (including phenoxy) is 1. The molecule has 1 aromatic rings. The van der Waals surface area contributed by atoms with E-state index >= 15 is 0 Å². The van der Waals surface area contributed by atoms with E-state index in [0.29, 0.717) is 0 Å². The Bertz CT molecular complexity index is 244. The van der Waals surface area contributed by atoms with Crippen LogP contribution in [0.5, 0.6) is 0 Å². The summed E-state index contributed by atoms with van der Waals surface area (Å²) in [6.07, 6.45) is 2.56. The zero-order valence-corrected chi connectivity index (χ0v) is 9.42. The SMILES string of the molecule is CCCC(OCC)c1ccc(C)cc1. The van der Waals surface area contributed by atoms with Gasteiger partial charge in [0.2, 0.25) is 0 Å². The average molecular weight is 192 g/mol. The molecule has 1 heteroatoms. The van der Waals surface area contributed by atoms with Crippen LogP contribution in [0.4, 0.5) is 0 Å².